The van der Waals surface area contributed by atoms with Crippen molar-refractivity contribution in [3.8, 4) is 23.3 Å². The van der Waals surface area contributed by atoms with Gasteiger partial charge in [-0.25, -0.2) is 4.79 Å². The van der Waals surface area contributed by atoms with Crippen molar-refractivity contribution < 1.29 is 24.5 Å². The van der Waals surface area contributed by atoms with Crippen molar-refractivity contribution >= 4 is 12.0 Å². The summed E-state index contributed by atoms with van der Waals surface area (Å²) in [6.45, 7) is 1.53. The monoisotopic (exact) mass is 325 g/mol. The van der Waals surface area contributed by atoms with Gasteiger partial charge in [-0.1, -0.05) is 24.3 Å². The second-order valence-electron chi connectivity index (χ2n) is 4.82. The molecule has 24 heavy (non-hydrogen) atoms. The minimum atomic E-state index is -0.884. The number of benzene rings is 2. The third-order valence-corrected chi connectivity index (χ3v) is 2.97. The van der Waals surface area contributed by atoms with Gasteiger partial charge in [-0.2, -0.15) is 5.26 Å². The summed E-state index contributed by atoms with van der Waals surface area (Å²) in [6, 6.07) is 14.5. The number of hydrogen-bond donors (Lipinski definition) is 2. The summed E-state index contributed by atoms with van der Waals surface area (Å²) in [5.74, 6) is -0.967. The second-order valence-corrected chi connectivity index (χ2v) is 4.82. The quantitative estimate of drug-likeness (QED) is 0.288. The predicted octanol–water partition coefficient (Wildman–Crippen LogP) is 2.97. The van der Waals surface area contributed by atoms with Gasteiger partial charge >= 0.3 is 5.97 Å². The number of esters is 1. The zero-order valence-electron chi connectivity index (χ0n) is 12.8. The van der Waals surface area contributed by atoms with Crippen molar-refractivity contribution in [3.63, 3.8) is 0 Å². The van der Waals surface area contributed by atoms with Crippen LogP contribution in [0.25, 0.3) is 6.08 Å². The van der Waals surface area contributed by atoms with Crippen molar-refractivity contribution in [1.29, 1.82) is 5.26 Å². The molecule has 0 fully saturated rings. The van der Waals surface area contributed by atoms with Crippen LogP contribution in [0.15, 0.2) is 54.1 Å². The summed E-state index contributed by atoms with van der Waals surface area (Å²) in [5.41, 5.74) is 0.110. The molecule has 2 aromatic rings. The number of nitriles is 1. The van der Waals surface area contributed by atoms with E-state index in [0.717, 1.165) is 0 Å². The number of aromatic hydroxyl groups is 2. The number of rotatable bonds is 5. The summed E-state index contributed by atoms with van der Waals surface area (Å²) in [6.07, 6.45) is 0.362. The van der Waals surface area contributed by atoms with Gasteiger partial charge in [0.2, 0.25) is 6.29 Å². The maximum absolute atomic E-state index is 12.0. The molecule has 0 radical (unpaired) electrons. The molecule has 0 aliphatic rings. The molecular formula is C18H15NO5. The molecule has 1 atom stereocenters. The first-order valence-electron chi connectivity index (χ1n) is 7.06. The average Bonchev–Trinajstić information content (AvgIpc) is 2.56. The van der Waals surface area contributed by atoms with E-state index < -0.39 is 12.3 Å². The number of phenols is 2. The van der Waals surface area contributed by atoms with Gasteiger partial charge in [0.1, 0.15) is 17.4 Å². The Labute approximate surface area is 138 Å². The van der Waals surface area contributed by atoms with Crippen LogP contribution in [0.1, 0.15) is 12.5 Å². The Bertz CT molecular complexity index is 793. The molecule has 0 saturated heterocycles. The van der Waals surface area contributed by atoms with Gasteiger partial charge in [-0.05, 0) is 35.9 Å². The number of nitrogens with zero attached hydrogens (tertiary/aromatic N) is 1. The SMILES string of the molecule is CC(OC(=O)/C(C#N)=C/c1ccc(O)c(O)c1)Oc1ccccc1. The molecule has 2 aromatic carbocycles. The highest BCUT2D eigenvalue weighted by atomic mass is 16.7. The number of hydrogen-bond acceptors (Lipinski definition) is 6. The van der Waals surface area contributed by atoms with E-state index in [0.29, 0.717) is 11.3 Å². The van der Waals surface area contributed by atoms with E-state index in [1.807, 2.05) is 6.07 Å². The van der Waals surface area contributed by atoms with E-state index in [9.17, 15) is 15.0 Å². The minimum Gasteiger partial charge on any atom is -0.504 e. The van der Waals surface area contributed by atoms with Crippen LogP contribution in [0.5, 0.6) is 17.2 Å². The van der Waals surface area contributed by atoms with Crippen LogP contribution < -0.4 is 4.74 Å². The molecule has 6 nitrogen and oxygen atoms in total. The number of phenolic OH excluding ortho intramolecular Hbond substituents is 2. The normalized spacial score (nSPS) is 12.1. The molecule has 2 N–H and O–H groups in total. The molecule has 0 bridgehead atoms. The van der Waals surface area contributed by atoms with Gasteiger partial charge in [0.05, 0.1) is 0 Å². The summed E-state index contributed by atoms with van der Waals surface area (Å²) in [4.78, 5) is 12.0. The molecule has 2 rings (SSSR count). The lowest BCUT2D eigenvalue weighted by Gasteiger charge is -2.14. The fourth-order valence-corrected chi connectivity index (χ4v) is 1.86. The molecule has 1 unspecified atom stereocenters. The predicted molar refractivity (Wildman–Crippen MR) is 86.0 cm³/mol. The Balaban J connectivity index is 2.07. The Morgan fingerprint density at radius 3 is 2.50 bits per heavy atom. The third kappa shape index (κ3) is 4.52. The molecular weight excluding hydrogens is 310 g/mol. The van der Waals surface area contributed by atoms with Gasteiger partial charge < -0.3 is 19.7 Å². The molecule has 0 saturated carbocycles. The van der Waals surface area contributed by atoms with Crippen molar-refractivity contribution in [1.82, 2.24) is 0 Å². The van der Waals surface area contributed by atoms with Crippen molar-refractivity contribution in [2.75, 3.05) is 0 Å². The number of para-hydroxylation sites is 1. The van der Waals surface area contributed by atoms with Crippen LogP contribution in [0.4, 0.5) is 0 Å². The molecule has 0 heterocycles. The summed E-state index contributed by atoms with van der Waals surface area (Å²) >= 11 is 0. The van der Waals surface area contributed by atoms with Crippen molar-refractivity contribution in [2.24, 2.45) is 0 Å². The van der Waals surface area contributed by atoms with E-state index in [1.165, 1.54) is 31.2 Å². The number of carbonyl (C=O) groups excluding carboxylic acids is 1. The van der Waals surface area contributed by atoms with Gasteiger partial charge in [0.15, 0.2) is 11.5 Å². The van der Waals surface area contributed by atoms with Crippen LogP contribution in [0, 0.1) is 11.3 Å². The first kappa shape index (κ1) is 16.9. The van der Waals surface area contributed by atoms with Crippen molar-refractivity contribution in [2.45, 2.75) is 13.2 Å². The zero-order valence-corrected chi connectivity index (χ0v) is 12.8. The lowest BCUT2D eigenvalue weighted by atomic mass is 10.1. The van der Waals surface area contributed by atoms with Crippen LogP contribution in [0.2, 0.25) is 0 Å². The lowest BCUT2D eigenvalue weighted by Crippen LogP contribution is -2.21. The molecule has 0 spiro atoms. The summed E-state index contributed by atoms with van der Waals surface area (Å²) in [5, 5.41) is 27.8. The van der Waals surface area contributed by atoms with Gasteiger partial charge in [-0.3, -0.25) is 0 Å². The molecule has 0 aromatic heterocycles. The van der Waals surface area contributed by atoms with E-state index in [4.69, 9.17) is 14.7 Å². The molecule has 122 valence electrons. The Morgan fingerprint density at radius 2 is 1.88 bits per heavy atom. The second kappa shape index (κ2) is 7.70. The van der Waals surface area contributed by atoms with E-state index in [1.54, 1.807) is 30.3 Å². The average molecular weight is 325 g/mol. The highest BCUT2D eigenvalue weighted by molar-refractivity contribution is 5.98. The molecule has 0 aliphatic carbocycles. The zero-order chi connectivity index (χ0) is 17.5. The first-order valence-corrected chi connectivity index (χ1v) is 7.06. The van der Waals surface area contributed by atoms with E-state index >= 15 is 0 Å². The Hall–Kier alpha value is -3.46. The maximum Gasteiger partial charge on any atom is 0.351 e. The standard InChI is InChI=1S/C18H15NO5/c1-12(23-15-5-3-2-4-6-15)24-18(22)14(11-19)9-13-7-8-16(20)17(21)10-13/h2-10,12,20-21H,1H3/b14-9+. The lowest BCUT2D eigenvalue weighted by molar-refractivity contribution is -0.155. The van der Waals surface area contributed by atoms with Crippen LogP contribution in [-0.2, 0) is 9.53 Å². The van der Waals surface area contributed by atoms with E-state index in [2.05, 4.69) is 0 Å². The summed E-state index contributed by atoms with van der Waals surface area (Å²) in [7, 11) is 0. The van der Waals surface area contributed by atoms with Gasteiger partial charge in [0, 0.05) is 6.92 Å². The molecule has 0 amide bonds. The smallest absolute Gasteiger partial charge is 0.351 e. The molecule has 6 heteroatoms. The number of ether oxygens (including phenoxy) is 2. The third-order valence-electron chi connectivity index (χ3n) is 2.97. The maximum atomic E-state index is 12.0. The fourth-order valence-electron chi connectivity index (χ4n) is 1.86. The Kier molecular flexibility index (Phi) is 5.42. The topological polar surface area (TPSA) is 99.8 Å². The van der Waals surface area contributed by atoms with Crippen LogP contribution in [-0.4, -0.2) is 22.5 Å². The highest BCUT2D eigenvalue weighted by Gasteiger charge is 2.16. The number of carbonyl (C=O) groups is 1. The first-order chi connectivity index (χ1) is 11.5. The van der Waals surface area contributed by atoms with Crippen LogP contribution in [0.3, 0.4) is 0 Å². The van der Waals surface area contributed by atoms with Gasteiger partial charge in [-0.15, -0.1) is 0 Å². The fraction of sp³-hybridized carbons (Fsp3) is 0.111. The highest BCUT2D eigenvalue weighted by Crippen LogP contribution is 2.26. The summed E-state index contributed by atoms with van der Waals surface area (Å²) < 4.78 is 10.5. The Morgan fingerprint density at radius 1 is 1.17 bits per heavy atom. The molecule has 0 aliphatic heterocycles. The largest absolute Gasteiger partial charge is 0.504 e. The van der Waals surface area contributed by atoms with Crippen LogP contribution >= 0.6 is 0 Å². The van der Waals surface area contributed by atoms with E-state index in [-0.39, 0.29) is 17.1 Å². The van der Waals surface area contributed by atoms with Gasteiger partial charge in [0.25, 0.3) is 0 Å². The minimum absolute atomic E-state index is 0.261. The van der Waals surface area contributed by atoms with Crippen molar-refractivity contribution in [3.05, 3.63) is 59.7 Å².